The van der Waals surface area contributed by atoms with Gasteiger partial charge in [-0.2, -0.15) is 0 Å². The van der Waals surface area contributed by atoms with Crippen molar-refractivity contribution in [1.82, 2.24) is 9.47 Å². The van der Waals surface area contributed by atoms with E-state index in [1.165, 1.54) is 16.7 Å². The van der Waals surface area contributed by atoms with Crippen LogP contribution in [0.1, 0.15) is 55.2 Å². The molecular weight excluding hydrogens is 404 g/mol. The summed E-state index contributed by atoms with van der Waals surface area (Å²) in [6, 6.07) is 6.51. The van der Waals surface area contributed by atoms with Crippen molar-refractivity contribution in [1.29, 1.82) is 0 Å². The summed E-state index contributed by atoms with van der Waals surface area (Å²) in [6.07, 6.45) is 4.07. The van der Waals surface area contributed by atoms with Crippen LogP contribution in [0.3, 0.4) is 0 Å². The predicted molar refractivity (Wildman–Crippen MR) is 112 cm³/mol. The maximum absolute atomic E-state index is 13.5. The molecule has 0 atom stereocenters. The minimum absolute atomic E-state index is 0.167. The van der Waals surface area contributed by atoms with Crippen LogP contribution in [0, 0.1) is 0 Å². The maximum atomic E-state index is 13.5. The predicted octanol–water partition coefficient (Wildman–Crippen LogP) is 5.06. The van der Waals surface area contributed by atoms with Gasteiger partial charge < -0.3 is 14.2 Å². The summed E-state index contributed by atoms with van der Waals surface area (Å²) in [5.74, 6) is 1.04. The molecule has 3 heterocycles. The molecule has 0 bridgehead atoms. The quantitative estimate of drug-likeness (QED) is 0.633. The molecule has 0 spiro atoms. The van der Waals surface area contributed by atoms with Gasteiger partial charge >= 0.3 is 0 Å². The highest BCUT2D eigenvalue weighted by molar-refractivity contribution is 9.10. The molecule has 0 fully saturated rings. The molecule has 1 amide bonds. The molecule has 2 aliphatic heterocycles. The van der Waals surface area contributed by atoms with E-state index >= 15 is 0 Å². The molecule has 0 unspecified atom stereocenters. The molecule has 0 saturated heterocycles. The fourth-order valence-electron chi connectivity index (χ4n) is 4.39. The van der Waals surface area contributed by atoms with Crippen LogP contribution in [-0.4, -0.2) is 34.6 Å². The molecule has 0 aliphatic carbocycles. The Morgan fingerprint density at radius 1 is 1.04 bits per heavy atom. The monoisotopic (exact) mass is 430 g/mol. The number of rotatable bonds is 1. The van der Waals surface area contributed by atoms with Crippen LogP contribution in [0.15, 0.2) is 22.7 Å². The Morgan fingerprint density at radius 3 is 2.52 bits per heavy atom. The summed E-state index contributed by atoms with van der Waals surface area (Å²) < 4.78 is 8.67. The van der Waals surface area contributed by atoms with E-state index in [-0.39, 0.29) is 11.4 Å². The summed E-state index contributed by atoms with van der Waals surface area (Å²) >= 11 is 3.62. The number of fused-ring (bicyclic) bond motifs is 5. The van der Waals surface area contributed by atoms with E-state index in [4.69, 9.17) is 4.74 Å². The number of hydrogen-bond donors (Lipinski definition) is 0. The molecule has 5 heteroatoms. The molecule has 27 heavy (non-hydrogen) atoms. The molecule has 1 aromatic carbocycles. The maximum Gasteiger partial charge on any atom is 0.271 e. The van der Waals surface area contributed by atoms with E-state index in [0.29, 0.717) is 0 Å². The second-order valence-corrected chi connectivity index (χ2v) is 9.39. The molecule has 0 N–H and O–H groups in total. The summed E-state index contributed by atoms with van der Waals surface area (Å²) in [5, 5.41) is 0. The minimum Gasteiger partial charge on any atom is -0.496 e. The molecule has 0 radical (unpaired) electrons. The zero-order valence-corrected chi connectivity index (χ0v) is 18.1. The van der Waals surface area contributed by atoms with Crippen LogP contribution in [0.2, 0.25) is 0 Å². The fourth-order valence-corrected chi connectivity index (χ4v) is 4.89. The van der Waals surface area contributed by atoms with Crippen LogP contribution in [0.4, 0.5) is 0 Å². The molecule has 4 rings (SSSR count). The lowest BCUT2D eigenvalue weighted by atomic mass is 9.98. The number of halogens is 1. The Morgan fingerprint density at radius 2 is 1.81 bits per heavy atom. The first-order valence-electron chi connectivity index (χ1n) is 9.72. The largest absolute Gasteiger partial charge is 0.496 e. The second kappa shape index (κ2) is 6.69. The van der Waals surface area contributed by atoms with Crippen molar-refractivity contribution in [2.75, 3.05) is 13.7 Å². The van der Waals surface area contributed by atoms with Crippen LogP contribution in [0.25, 0.3) is 11.3 Å². The van der Waals surface area contributed by atoms with E-state index in [9.17, 15) is 4.79 Å². The summed E-state index contributed by atoms with van der Waals surface area (Å²) in [7, 11) is 1.70. The Hall–Kier alpha value is -1.75. The lowest BCUT2D eigenvalue weighted by molar-refractivity contribution is 0.0558. The van der Waals surface area contributed by atoms with Crippen molar-refractivity contribution in [2.45, 2.75) is 58.5 Å². The number of amides is 1. The van der Waals surface area contributed by atoms with Crippen molar-refractivity contribution in [3.63, 3.8) is 0 Å². The normalized spacial score (nSPS) is 16.9. The van der Waals surface area contributed by atoms with Crippen LogP contribution < -0.4 is 4.74 Å². The first-order valence-corrected chi connectivity index (χ1v) is 10.5. The topological polar surface area (TPSA) is 34.5 Å². The number of aromatic nitrogens is 1. The summed E-state index contributed by atoms with van der Waals surface area (Å²) in [5.41, 5.74) is 5.58. The van der Waals surface area contributed by atoms with Gasteiger partial charge in [0.15, 0.2) is 0 Å². The van der Waals surface area contributed by atoms with Crippen molar-refractivity contribution >= 4 is 21.8 Å². The van der Waals surface area contributed by atoms with Gasteiger partial charge in [0.1, 0.15) is 11.4 Å². The zero-order valence-electron chi connectivity index (χ0n) is 16.6. The van der Waals surface area contributed by atoms with Gasteiger partial charge in [-0.3, -0.25) is 4.79 Å². The van der Waals surface area contributed by atoms with Crippen LogP contribution >= 0.6 is 15.9 Å². The molecular formula is C22H27BrN2O2. The number of aryl methyl sites for hydroxylation is 2. The van der Waals surface area contributed by atoms with E-state index < -0.39 is 0 Å². The van der Waals surface area contributed by atoms with Crippen molar-refractivity contribution in [2.24, 2.45) is 0 Å². The van der Waals surface area contributed by atoms with E-state index in [0.717, 1.165) is 60.4 Å². The number of benzene rings is 1. The number of methoxy groups -OCH3 is 1. The molecule has 144 valence electrons. The molecule has 2 aromatic rings. The smallest absolute Gasteiger partial charge is 0.271 e. The molecule has 2 aliphatic rings. The van der Waals surface area contributed by atoms with Gasteiger partial charge in [0.05, 0.1) is 11.6 Å². The van der Waals surface area contributed by atoms with Crippen molar-refractivity contribution < 1.29 is 9.53 Å². The zero-order chi connectivity index (χ0) is 19.3. The van der Waals surface area contributed by atoms with Gasteiger partial charge in [-0.05, 0) is 91.7 Å². The Labute approximate surface area is 169 Å². The number of hydrogen-bond acceptors (Lipinski definition) is 2. The lowest BCUT2D eigenvalue weighted by Gasteiger charge is -2.37. The number of ether oxygens (including phenoxy) is 1. The average Bonchev–Trinajstić information content (AvgIpc) is 2.96. The van der Waals surface area contributed by atoms with E-state index in [1.807, 2.05) is 0 Å². The third-order valence-electron chi connectivity index (χ3n) is 5.77. The van der Waals surface area contributed by atoms with Gasteiger partial charge in [0, 0.05) is 29.9 Å². The third-order valence-corrected chi connectivity index (χ3v) is 6.39. The van der Waals surface area contributed by atoms with Crippen molar-refractivity contribution in [3.8, 4) is 17.0 Å². The SMILES string of the molecule is COc1cc2c(cc1Br)-c1cc3c(n1CC2)C(=O)N(C(C)(C)C)CCCC3. The fraction of sp³-hybridized carbons (Fsp3) is 0.500. The Kier molecular flexibility index (Phi) is 4.61. The highest BCUT2D eigenvalue weighted by atomic mass is 79.9. The Bertz CT molecular complexity index is 908. The molecule has 0 saturated carbocycles. The lowest BCUT2D eigenvalue weighted by Crippen LogP contribution is -2.47. The van der Waals surface area contributed by atoms with E-state index in [1.54, 1.807) is 7.11 Å². The second-order valence-electron chi connectivity index (χ2n) is 8.53. The average molecular weight is 431 g/mol. The first kappa shape index (κ1) is 18.6. The Balaban J connectivity index is 1.87. The van der Waals surface area contributed by atoms with Gasteiger partial charge in [-0.1, -0.05) is 0 Å². The highest BCUT2D eigenvalue weighted by Gasteiger charge is 2.34. The molecule has 1 aromatic heterocycles. The van der Waals surface area contributed by atoms with Gasteiger partial charge in [0.25, 0.3) is 5.91 Å². The highest BCUT2D eigenvalue weighted by Crippen LogP contribution is 2.40. The number of carbonyl (C=O) groups is 1. The van der Waals surface area contributed by atoms with Crippen molar-refractivity contribution in [3.05, 3.63) is 39.5 Å². The van der Waals surface area contributed by atoms with Gasteiger partial charge in [-0.25, -0.2) is 0 Å². The van der Waals surface area contributed by atoms with Gasteiger partial charge in [0.2, 0.25) is 0 Å². The third kappa shape index (κ3) is 3.10. The minimum atomic E-state index is -0.167. The van der Waals surface area contributed by atoms with Gasteiger partial charge in [-0.15, -0.1) is 0 Å². The summed E-state index contributed by atoms with van der Waals surface area (Å²) in [6.45, 7) is 8.06. The number of carbonyl (C=O) groups excluding carboxylic acids is 1. The number of nitrogens with zero attached hydrogens (tertiary/aromatic N) is 2. The standard InChI is InChI=1S/C22H27BrN2O2/c1-22(2,3)25-9-6-5-7-15-11-18-16-13-17(23)19(27-4)12-14(16)8-10-24(18)20(15)21(25)26/h11-13H,5-10H2,1-4H3. The van der Waals surface area contributed by atoms with Crippen LogP contribution in [0.5, 0.6) is 5.75 Å². The van der Waals surface area contributed by atoms with E-state index in [2.05, 4.69) is 64.4 Å². The summed E-state index contributed by atoms with van der Waals surface area (Å²) in [4.78, 5) is 15.6. The first-order chi connectivity index (χ1) is 12.8. The van der Waals surface area contributed by atoms with Crippen LogP contribution in [-0.2, 0) is 19.4 Å². The molecule has 4 nitrogen and oxygen atoms in total.